The van der Waals surface area contributed by atoms with E-state index < -0.39 is 65.4 Å². The zero-order valence-electron chi connectivity index (χ0n) is 27.2. The Morgan fingerprint density at radius 1 is 0.891 bits per heavy atom. The van der Waals surface area contributed by atoms with E-state index in [-0.39, 0.29) is 31.4 Å². The molecule has 15 nitrogen and oxygen atoms in total. The van der Waals surface area contributed by atoms with Crippen molar-refractivity contribution >= 4 is 48.5 Å². The highest BCUT2D eigenvalue weighted by Gasteiger charge is 2.55. The number of thiol groups is 1. The Labute approximate surface area is 273 Å². The van der Waals surface area contributed by atoms with E-state index in [0.717, 1.165) is 27.9 Å². The first-order chi connectivity index (χ1) is 21.4. The van der Waals surface area contributed by atoms with Crippen molar-refractivity contribution < 1.29 is 61.9 Å². The van der Waals surface area contributed by atoms with Crippen LogP contribution in [-0.4, -0.2) is 109 Å². The van der Waals surface area contributed by atoms with Gasteiger partial charge in [-0.3, -0.25) is 24.1 Å². The summed E-state index contributed by atoms with van der Waals surface area (Å²) in [4.78, 5) is 76.3. The zero-order valence-corrected chi connectivity index (χ0v) is 28.1. The van der Waals surface area contributed by atoms with E-state index in [0.29, 0.717) is 12.1 Å². The molecule has 1 saturated heterocycles. The lowest BCUT2D eigenvalue weighted by Crippen LogP contribution is -2.64. The molecule has 0 spiro atoms. The number of nitrogens with zero attached hydrogens (tertiary/aromatic N) is 2. The number of hydrogen-bond acceptors (Lipinski definition) is 14. The lowest BCUT2D eigenvalue weighted by molar-refractivity contribution is -0.282. The SMILES string of the molecule is CCN(CN(C)C(=O)CC(C)(C)S)C(=O)OCc1ccc(O[C@@H]2O[C@H](C(=O)OC)[C@@H](OC(C)=O)[C@H](OC(C)=O)[C@H]2OC(C)=O)cc1. The van der Waals surface area contributed by atoms with E-state index in [1.165, 1.54) is 21.9 Å². The fourth-order valence-electron chi connectivity index (χ4n) is 4.34. The lowest BCUT2D eigenvalue weighted by Gasteiger charge is -2.43. The molecule has 0 N–H and O–H groups in total. The summed E-state index contributed by atoms with van der Waals surface area (Å²) < 4.78 is 37.3. The highest BCUT2D eigenvalue weighted by molar-refractivity contribution is 7.81. The highest BCUT2D eigenvalue weighted by atomic mass is 32.1. The molecule has 0 aliphatic carbocycles. The van der Waals surface area contributed by atoms with Crippen LogP contribution in [-0.2, 0) is 59.0 Å². The molecule has 1 aliphatic rings. The molecule has 0 unspecified atom stereocenters. The molecule has 1 aliphatic heterocycles. The van der Waals surface area contributed by atoms with Crippen LogP contribution in [0.4, 0.5) is 4.79 Å². The third-order valence-corrected chi connectivity index (χ3v) is 6.56. The van der Waals surface area contributed by atoms with Gasteiger partial charge in [0.2, 0.25) is 18.3 Å². The minimum absolute atomic E-state index is 0.0366. The summed E-state index contributed by atoms with van der Waals surface area (Å²) in [7, 11) is 2.68. The summed E-state index contributed by atoms with van der Waals surface area (Å²) in [5.41, 5.74) is 0.583. The van der Waals surface area contributed by atoms with Crippen LogP contribution in [0, 0.1) is 0 Å². The van der Waals surface area contributed by atoms with Crippen molar-refractivity contribution in [3.8, 4) is 5.75 Å². The van der Waals surface area contributed by atoms with Crippen molar-refractivity contribution in [3.63, 3.8) is 0 Å². The second-order valence-corrected chi connectivity index (χ2v) is 12.3. The first-order valence-corrected chi connectivity index (χ1v) is 14.8. The molecule has 5 atom stereocenters. The van der Waals surface area contributed by atoms with Crippen LogP contribution in [0.25, 0.3) is 0 Å². The maximum atomic E-state index is 12.7. The molecule has 2 amide bonds. The molecule has 0 bridgehead atoms. The molecular formula is C30H42N2O13S. The van der Waals surface area contributed by atoms with Crippen molar-refractivity contribution in [2.45, 2.75) is 90.0 Å². The van der Waals surface area contributed by atoms with E-state index in [1.807, 2.05) is 13.8 Å². The quantitative estimate of drug-likeness (QED) is 0.140. The smallest absolute Gasteiger partial charge is 0.411 e. The van der Waals surface area contributed by atoms with Crippen LogP contribution in [0.15, 0.2) is 24.3 Å². The van der Waals surface area contributed by atoms with Crippen molar-refractivity contribution in [3.05, 3.63) is 29.8 Å². The van der Waals surface area contributed by atoms with Crippen LogP contribution in [0.2, 0.25) is 0 Å². The monoisotopic (exact) mass is 670 g/mol. The van der Waals surface area contributed by atoms with Crippen LogP contribution in [0.5, 0.6) is 5.75 Å². The number of hydrogen-bond donors (Lipinski definition) is 1. The molecular weight excluding hydrogens is 628 g/mol. The van der Waals surface area contributed by atoms with E-state index in [4.69, 9.17) is 33.2 Å². The number of methoxy groups -OCH3 is 1. The van der Waals surface area contributed by atoms with E-state index in [1.54, 1.807) is 26.1 Å². The Morgan fingerprint density at radius 2 is 1.43 bits per heavy atom. The Kier molecular flexibility index (Phi) is 14.1. The number of ether oxygens (including phenoxy) is 7. The molecule has 1 heterocycles. The van der Waals surface area contributed by atoms with Crippen LogP contribution in [0.3, 0.4) is 0 Å². The molecule has 1 fully saturated rings. The van der Waals surface area contributed by atoms with Gasteiger partial charge < -0.3 is 38.1 Å². The first-order valence-electron chi connectivity index (χ1n) is 14.3. The standard InChI is InChI=1S/C30H42N2O13S/c1-9-32(16-31(7)22(36)14-30(5,6)46)29(38)40-15-20-10-12-21(13-11-20)44-28-26(43-19(4)35)24(42-18(3)34)23(41-17(2)33)25(45-28)27(37)39-8/h10-13,23-26,28,46H,9,14-16H2,1-8H3/t23-,24-,25-,26+,28+/m0/s1. The number of carbonyl (C=O) groups is 6. The molecule has 2 rings (SSSR count). The highest BCUT2D eigenvalue weighted by Crippen LogP contribution is 2.31. The normalized spacial score (nSPS) is 20.8. The largest absolute Gasteiger partial charge is 0.467 e. The van der Waals surface area contributed by atoms with E-state index in [9.17, 15) is 28.8 Å². The van der Waals surface area contributed by atoms with Gasteiger partial charge in [0.1, 0.15) is 12.4 Å². The summed E-state index contributed by atoms with van der Waals surface area (Å²) >= 11 is 4.38. The Bertz CT molecular complexity index is 1250. The summed E-state index contributed by atoms with van der Waals surface area (Å²) in [6.07, 6.45) is -8.02. The number of carbonyl (C=O) groups excluding carboxylic acids is 6. The van der Waals surface area contributed by atoms with Crippen LogP contribution < -0.4 is 4.74 Å². The van der Waals surface area contributed by atoms with E-state index in [2.05, 4.69) is 12.6 Å². The zero-order chi connectivity index (χ0) is 34.8. The molecule has 1 aromatic rings. The van der Waals surface area contributed by atoms with Gasteiger partial charge in [-0.2, -0.15) is 12.6 Å². The van der Waals surface area contributed by atoms with Crippen molar-refractivity contribution in [1.29, 1.82) is 0 Å². The molecule has 46 heavy (non-hydrogen) atoms. The molecule has 0 aromatic heterocycles. The summed E-state index contributed by atoms with van der Waals surface area (Å²) in [6, 6.07) is 6.20. The topological polar surface area (TPSA) is 174 Å². The number of rotatable bonds is 13. The minimum Gasteiger partial charge on any atom is -0.467 e. The Hall–Kier alpha value is -4.05. The fourth-order valence-corrected chi connectivity index (χ4v) is 4.47. The van der Waals surface area contributed by atoms with Gasteiger partial charge in [-0.05, 0) is 24.6 Å². The summed E-state index contributed by atoms with van der Waals surface area (Å²) in [5.74, 6) is -3.38. The Balaban J connectivity index is 2.18. The summed E-state index contributed by atoms with van der Waals surface area (Å²) in [6.45, 7) is 8.91. The third kappa shape index (κ3) is 11.7. The predicted molar refractivity (Wildman–Crippen MR) is 162 cm³/mol. The maximum Gasteiger partial charge on any atom is 0.411 e. The molecule has 0 saturated carbocycles. The van der Waals surface area contributed by atoms with Crippen molar-refractivity contribution in [2.24, 2.45) is 0 Å². The molecule has 1 aromatic carbocycles. The summed E-state index contributed by atoms with van der Waals surface area (Å²) in [5, 5.41) is 0. The second kappa shape index (κ2) is 17.0. The van der Waals surface area contributed by atoms with Gasteiger partial charge in [-0.1, -0.05) is 26.0 Å². The van der Waals surface area contributed by atoms with Crippen molar-refractivity contribution in [1.82, 2.24) is 9.80 Å². The van der Waals surface area contributed by atoms with Gasteiger partial charge in [0, 0.05) is 45.5 Å². The molecule has 0 radical (unpaired) electrons. The van der Waals surface area contributed by atoms with Gasteiger partial charge in [-0.25, -0.2) is 9.59 Å². The van der Waals surface area contributed by atoms with Gasteiger partial charge in [0.15, 0.2) is 18.3 Å². The van der Waals surface area contributed by atoms with Crippen molar-refractivity contribution in [2.75, 3.05) is 27.4 Å². The number of benzene rings is 1. The molecule has 16 heteroatoms. The maximum absolute atomic E-state index is 12.7. The average molecular weight is 671 g/mol. The van der Waals surface area contributed by atoms with Crippen LogP contribution in [0.1, 0.15) is 53.5 Å². The lowest BCUT2D eigenvalue weighted by atomic mass is 9.97. The van der Waals surface area contributed by atoms with Gasteiger partial charge >= 0.3 is 30.0 Å². The third-order valence-electron chi connectivity index (χ3n) is 6.40. The fraction of sp³-hybridized carbons (Fsp3) is 0.600. The first kappa shape index (κ1) is 38.1. The van der Waals surface area contributed by atoms with Gasteiger partial charge in [0.05, 0.1) is 13.8 Å². The predicted octanol–water partition coefficient (Wildman–Crippen LogP) is 2.23. The van der Waals surface area contributed by atoms with Gasteiger partial charge in [-0.15, -0.1) is 0 Å². The van der Waals surface area contributed by atoms with Gasteiger partial charge in [0.25, 0.3) is 0 Å². The Morgan fingerprint density at radius 3 is 1.93 bits per heavy atom. The van der Waals surface area contributed by atoms with E-state index >= 15 is 0 Å². The average Bonchev–Trinajstić information content (AvgIpc) is 2.95. The second-order valence-electron chi connectivity index (χ2n) is 11.1. The minimum atomic E-state index is -1.60. The number of amides is 2. The number of esters is 4. The van der Waals surface area contributed by atoms with Crippen LogP contribution >= 0.6 is 12.6 Å². The molecule has 256 valence electrons.